The van der Waals surface area contributed by atoms with Crippen molar-refractivity contribution in [3.63, 3.8) is 0 Å². The molecule has 3 aromatic rings. The van der Waals surface area contributed by atoms with Gasteiger partial charge in [0.1, 0.15) is 5.82 Å². The van der Waals surface area contributed by atoms with Crippen LogP contribution in [-0.2, 0) is 0 Å². The highest BCUT2D eigenvalue weighted by molar-refractivity contribution is 9.10. The molecule has 2 aromatic carbocycles. The first kappa shape index (κ1) is 14.5. The van der Waals surface area contributed by atoms with E-state index in [2.05, 4.69) is 26.2 Å². The van der Waals surface area contributed by atoms with Crippen molar-refractivity contribution in [2.24, 2.45) is 0 Å². The third kappa shape index (κ3) is 2.80. The summed E-state index contributed by atoms with van der Waals surface area (Å²) in [7, 11) is 0. The highest BCUT2D eigenvalue weighted by atomic mass is 79.9. The van der Waals surface area contributed by atoms with Gasteiger partial charge in [-0.1, -0.05) is 34.1 Å². The number of carboxylic acid groups (broad SMARTS) is 1. The maximum absolute atomic E-state index is 11.1. The molecular weight excluding hydrogens is 344 g/mol. The van der Waals surface area contributed by atoms with Crippen molar-refractivity contribution in [2.75, 3.05) is 5.32 Å². The first-order valence-electron chi connectivity index (χ1n) is 6.71. The number of halogens is 1. The first-order valence-corrected chi connectivity index (χ1v) is 7.50. The summed E-state index contributed by atoms with van der Waals surface area (Å²) in [5.41, 5.74) is 1.82. The van der Waals surface area contributed by atoms with Crippen LogP contribution in [0.2, 0.25) is 0 Å². The number of fused-ring (bicyclic) bond motifs is 1. The number of aryl methyl sites for hydroxylation is 1. The van der Waals surface area contributed by atoms with Crippen molar-refractivity contribution in [1.29, 1.82) is 0 Å². The SMILES string of the molecule is Cc1cc2c(Br)cccc2c(Nc2cccc(C(=O)O)c2)n1. The first-order chi connectivity index (χ1) is 10.5. The van der Waals surface area contributed by atoms with Gasteiger partial charge in [0, 0.05) is 26.6 Å². The van der Waals surface area contributed by atoms with Crippen molar-refractivity contribution >= 4 is 44.2 Å². The number of pyridine rings is 1. The van der Waals surface area contributed by atoms with Crippen LogP contribution in [0.5, 0.6) is 0 Å². The summed E-state index contributed by atoms with van der Waals surface area (Å²) < 4.78 is 0.998. The number of benzene rings is 2. The molecule has 0 radical (unpaired) electrons. The molecule has 0 saturated carbocycles. The Morgan fingerprint density at radius 1 is 1.14 bits per heavy atom. The fourth-order valence-electron chi connectivity index (χ4n) is 2.33. The van der Waals surface area contributed by atoms with Crippen LogP contribution in [0.1, 0.15) is 16.1 Å². The Kier molecular flexibility index (Phi) is 3.81. The van der Waals surface area contributed by atoms with E-state index < -0.39 is 5.97 Å². The average molecular weight is 357 g/mol. The van der Waals surface area contributed by atoms with Gasteiger partial charge in [-0.2, -0.15) is 0 Å². The largest absolute Gasteiger partial charge is 0.478 e. The molecule has 3 rings (SSSR count). The molecule has 0 saturated heterocycles. The maximum Gasteiger partial charge on any atom is 0.335 e. The van der Waals surface area contributed by atoms with Gasteiger partial charge in [0.2, 0.25) is 0 Å². The molecule has 1 aromatic heterocycles. The summed E-state index contributed by atoms with van der Waals surface area (Å²) in [5, 5.41) is 14.3. The Hall–Kier alpha value is -2.40. The minimum Gasteiger partial charge on any atom is -0.478 e. The van der Waals surface area contributed by atoms with E-state index in [0.717, 1.165) is 20.9 Å². The summed E-state index contributed by atoms with van der Waals surface area (Å²) in [4.78, 5) is 15.6. The molecule has 0 bridgehead atoms. The Morgan fingerprint density at radius 2 is 1.91 bits per heavy atom. The van der Waals surface area contributed by atoms with Crippen molar-refractivity contribution in [3.05, 3.63) is 64.3 Å². The number of carboxylic acids is 1. The van der Waals surface area contributed by atoms with Crippen molar-refractivity contribution < 1.29 is 9.90 Å². The lowest BCUT2D eigenvalue weighted by Crippen LogP contribution is -2.00. The highest BCUT2D eigenvalue weighted by Gasteiger charge is 2.08. The van der Waals surface area contributed by atoms with E-state index >= 15 is 0 Å². The monoisotopic (exact) mass is 356 g/mol. The second-order valence-corrected chi connectivity index (χ2v) is 5.81. The minimum atomic E-state index is -0.951. The molecule has 22 heavy (non-hydrogen) atoms. The number of anilines is 2. The molecule has 0 fully saturated rings. The summed E-state index contributed by atoms with van der Waals surface area (Å²) in [6, 6.07) is 14.6. The zero-order valence-electron chi connectivity index (χ0n) is 11.8. The zero-order valence-corrected chi connectivity index (χ0v) is 13.4. The van der Waals surface area contributed by atoms with Gasteiger partial charge >= 0.3 is 5.97 Å². The highest BCUT2D eigenvalue weighted by Crippen LogP contribution is 2.30. The lowest BCUT2D eigenvalue weighted by molar-refractivity contribution is 0.0697. The van der Waals surface area contributed by atoms with Crippen LogP contribution in [0.4, 0.5) is 11.5 Å². The Balaban J connectivity index is 2.09. The lowest BCUT2D eigenvalue weighted by Gasteiger charge is -2.11. The Labute approximate surface area is 135 Å². The van der Waals surface area contributed by atoms with E-state index in [1.165, 1.54) is 0 Å². The fourth-order valence-corrected chi connectivity index (χ4v) is 2.81. The number of nitrogens with one attached hydrogen (secondary N) is 1. The predicted molar refractivity (Wildman–Crippen MR) is 90.9 cm³/mol. The van der Waals surface area contributed by atoms with E-state index in [9.17, 15) is 4.79 Å². The smallest absolute Gasteiger partial charge is 0.335 e. The molecule has 0 aliphatic carbocycles. The maximum atomic E-state index is 11.1. The van der Waals surface area contributed by atoms with Crippen LogP contribution >= 0.6 is 15.9 Å². The van der Waals surface area contributed by atoms with Gasteiger partial charge in [0.25, 0.3) is 0 Å². The molecule has 5 heteroatoms. The van der Waals surface area contributed by atoms with Crippen LogP contribution < -0.4 is 5.32 Å². The summed E-state index contributed by atoms with van der Waals surface area (Å²) in [6.45, 7) is 1.93. The van der Waals surface area contributed by atoms with Crippen LogP contribution in [0, 0.1) is 6.92 Å². The normalized spacial score (nSPS) is 10.6. The van der Waals surface area contributed by atoms with Gasteiger partial charge in [-0.15, -0.1) is 0 Å². The lowest BCUT2D eigenvalue weighted by atomic mass is 10.1. The summed E-state index contributed by atoms with van der Waals surface area (Å²) >= 11 is 3.55. The number of aromatic carboxylic acids is 1. The van der Waals surface area contributed by atoms with Gasteiger partial charge < -0.3 is 10.4 Å². The Morgan fingerprint density at radius 3 is 2.68 bits per heavy atom. The van der Waals surface area contributed by atoms with Gasteiger partial charge in [-0.05, 0) is 37.3 Å². The van der Waals surface area contributed by atoms with Gasteiger partial charge in [-0.25, -0.2) is 9.78 Å². The predicted octanol–water partition coefficient (Wildman–Crippen LogP) is 4.75. The molecule has 0 spiro atoms. The van der Waals surface area contributed by atoms with Crippen LogP contribution in [0.15, 0.2) is 53.0 Å². The molecule has 110 valence electrons. The van der Waals surface area contributed by atoms with Crippen LogP contribution in [-0.4, -0.2) is 16.1 Å². The number of nitrogens with zero attached hydrogens (tertiary/aromatic N) is 1. The third-order valence-electron chi connectivity index (χ3n) is 3.32. The number of hydrogen-bond acceptors (Lipinski definition) is 3. The average Bonchev–Trinajstić information content (AvgIpc) is 2.48. The van der Waals surface area contributed by atoms with Crippen LogP contribution in [0.3, 0.4) is 0 Å². The fraction of sp³-hybridized carbons (Fsp3) is 0.0588. The molecular formula is C17H13BrN2O2. The van der Waals surface area contributed by atoms with E-state index in [-0.39, 0.29) is 5.56 Å². The molecule has 0 aliphatic heterocycles. The van der Waals surface area contributed by atoms with E-state index in [4.69, 9.17) is 5.11 Å². The third-order valence-corrected chi connectivity index (χ3v) is 4.01. The molecule has 0 aliphatic rings. The summed E-state index contributed by atoms with van der Waals surface area (Å²) in [6.07, 6.45) is 0. The number of aromatic nitrogens is 1. The molecule has 0 amide bonds. The van der Waals surface area contributed by atoms with Gasteiger partial charge in [0.05, 0.1) is 5.56 Å². The molecule has 0 atom stereocenters. The Bertz CT molecular complexity index is 878. The van der Waals surface area contributed by atoms with E-state index in [0.29, 0.717) is 11.5 Å². The second kappa shape index (κ2) is 5.77. The van der Waals surface area contributed by atoms with E-state index in [1.807, 2.05) is 37.3 Å². The zero-order chi connectivity index (χ0) is 15.7. The number of carbonyl (C=O) groups is 1. The molecule has 2 N–H and O–H groups in total. The van der Waals surface area contributed by atoms with Crippen LogP contribution in [0.25, 0.3) is 10.8 Å². The van der Waals surface area contributed by atoms with Crippen molar-refractivity contribution in [3.8, 4) is 0 Å². The van der Waals surface area contributed by atoms with Gasteiger partial charge in [0.15, 0.2) is 0 Å². The number of hydrogen-bond donors (Lipinski definition) is 2. The van der Waals surface area contributed by atoms with Crippen molar-refractivity contribution in [1.82, 2.24) is 4.98 Å². The van der Waals surface area contributed by atoms with E-state index in [1.54, 1.807) is 18.2 Å². The van der Waals surface area contributed by atoms with Gasteiger partial charge in [-0.3, -0.25) is 0 Å². The molecule has 1 heterocycles. The molecule has 4 nitrogen and oxygen atoms in total. The minimum absolute atomic E-state index is 0.239. The molecule has 0 unspecified atom stereocenters. The topological polar surface area (TPSA) is 62.2 Å². The second-order valence-electron chi connectivity index (χ2n) is 4.96. The quantitative estimate of drug-likeness (QED) is 0.710. The van der Waals surface area contributed by atoms with Crippen molar-refractivity contribution in [2.45, 2.75) is 6.92 Å². The number of rotatable bonds is 3. The standard InChI is InChI=1S/C17H13BrN2O2/c1-10-8-14-13(6-3-7-15(14)18)16(19-10)20-12-5-2-4-11(9-12)17(21)22/h2-9H,1H3,(H,19,20)(H,21,22). The summed E-state index contributed by atoms with van der Waals surface area (Å²) in [5.74, 6) is -0.243.